The van der Waals surface area contributed by atoms with Crippen LogP contribution in [-0.4, -0.2) is 6.61 Å². The number of unbranched alkanes of at least 4 members (excludes halogenated alkanes) is 1. The van der Waals surface area contributed by atoms with Gasteiger partial charge in [0, 0.05) is 5.39 Å². The molecule has 0 unspecified atom stereocenters. The van der Waals surface area contributed by atoms with E-state index < -0.39 is 0 Å². The zero-order valence-electron chi connectivity index (χ0n) is 17.7. The summed E-state index contributed by atoms with van der Waals surface area (Å²) in [6, 6.07) is 24.1. The Kier molecular flexibility index (Phi) is 6.61. The lowest BCUT2D eigenvalue weighted by Gasteiger charge is -2.10. The minimum atomic E-state index is -0.255. The smallest absolute Gasteiger partial charge is 0.134 e. The predicted molar refractivity (Wildman–Crippen MR) is 124 cm³/mol. The third kappa shape index (κ3) is 5.11. The Bertz CT molecular complexity index is 1150. The molecule has 0 aliphatic carbocycles. The predicted octanol–water partition coefficient (Wildman–Crippen LogP) is 7.75. The van der Waals surface area contributed by atoms with Gasteiger partial charge in [0.05, 0.1) is 6.61 Å². The second kappa shape index (κ2) is 9.74. The van der Waals surface area contributed by atoms with Crippen LogP contribution in [0, 0.1) is 11.6 Å². The van der Waals surface area contributed by atoms with Crippen molar-refractivity contribution in [2.75, 3.05) is 6.61 Å². The molecule has 0 aliphatic heterocycles. The van der Waals surface area contributed by atoms with Crippen molar-refractivity contribution >= 4 is 10.8 Å². The molecule has 0 saturated carbocycles. The SMILES string of the molecule is CCCCOc1ccc(-c2ccc3c(F)c(CCc4ccc(F)cc4)ccc3c2)cc1. The number of hydrogen-bond donors (Lipinski definition) is 0. The molecule has 0 heterocycles. The zero-order valence-corrected chi connectivity index (χ0v) is 17.7. The third-order valence-corrected chi connectivity index (χ3v) is 5.58. The Labute approximate surface area is 182 Å². The Morgan fingerprint density at radius 2 is 1.48 bits per heavy atom. The van der Waals surface area contributed by atoms with Crippen LogP contribution in [0.4, 0.5) is 8.78 Å². The van der Waals surface area contributed by atoms with E-state index in [0.29, 0.717) is 23.8 Å². The van der Waals surface area contributed by atoms with Gasteiger partial charge in [-0.2, -0.15) is 0 Å². The van der Waals surface area contributed by atoms with Gasteiger partial charge in [0.25, 0.3) is 0 Å². The van der Waals surface area contributed by atoms with Gasteiger partial charge in [0.15, 0.2) is 0 Å². The monoisotopic (exact) mass is 416 g/mol. The first-order chi connectivity index (χ1) is 15.1. The average molecular weight is 417 g/mol. The van der Waals surface area contributed by atoms with Crippen molar-refractivity contribution in [1.82, 2.24) is 0 Å². The molecule has 0 amide bonds. The topological polar surface area (TPSA) is 9.23 Å². The standard InChI is InChI=1S/C28H26F2O/c1-2-3-18-31-26-15-10-21(11-16-26)23-12-17-27-24(19-23)9-8-22(28(27)30)7-4-20-5-13-25(29)14-6-20/h5-6,8-17,19H,2-4,7,18H2,1H3. The summed E-state index contributed by atoms with van der Waals surface area (Å²) in [5, 5.41) is 1.50. The van der Waals surface area contributed by atoms with E-state index in [-0.39, 0.29) is 11.6 Å². The van der Waals surface area contributed by atoms with Crippen LogP contribution in [0.2, 0.25) is 0 Å². The summed E-state index contributed by atoms with van der Waals surface area (Å²) in [7, 11) is 0. The van der Waals surface area contributed by atoms with Crippen LogP contribution in [0.5, 0.6) is 5.75 Å². The quantitative estimate of drug-likeness (QED) is 0.267. The molecule has 4 rings (SSSR count). The molecular weight excluding hydrogens is 390 g/mol. The molecule has 1 nitrogen and oxygen atoms in total. The summed E-state index contributed by atoms with van der Waals surface area (Å²) in [4.78, 5) is 0. The first-order valence-electron chi connectivity index (χ1n) is 10.8. The van der Waals surface area contributed by atoms with Gasteiger partial charge in [-0.05, 0) is 77.2 Å². The van der Waals surface area contributed by atoms with Crippen LogP contribution in [0.15, 0.2) is 78.9 Å². The van der Waals surface area contributed by atoms with Gasteiger partial charge in [0.1, 0.15) is 17.4 Å². The lowest BCUT2D eigenvalue weighted by Crippen LogP contribution is -1.96. The van der Waals surface area contributed by atoms with Gasteiger partial charge in [-0.3, -0.25) is 0 Å². The summed E-state index contributed by atoms with van der Waals surface area (Å²) in [5.74, 6) is 0.441. The summed E-state index contributed by atoms with van der Waals surface area (Å²) in [6.45, 7) is 2.87. The van der Waals surface area contributed by atoms with E-state index in [1.165, 1.54) is 12.1 Å². The molecule has 0 atom stereocenters. The highest BCUT2D eigenvalue weighted by Crippen LogP contribution is 2.29. The Morgan fingerprint density at radius 3 is 2.23 bits per heavy atom. The fraction of sp³-hybridized carbons (Fsp3) is 0.214. The molecule has 0 aromatic heterocycles. The molecule has 4 aromatic rings. The van der Waals surface area contributed by atoms with Gasteiger partial charge in [-0.1, -0.05) is 61.9 Å². The first kappa shape index (κ1) is 21.0. The molecule has 0 saturated heterocycles. The first-order valence-corrected chi connectivity index (χ1v) is 10.8. The van der Waals surface area contributed by atoms with Crippen LogP contribution in [-0.2, 0) is 12.8 Å². The second-order valence-electron chi connectivity index (χ2n) is 7.83. The Morgan fingerprint density at radius 1 is 0.742 bits per heavy atom. The average Bonchev–Trinajstić information content (AvgIpc) is 2.80. The molecule has 0 radical (unpaired) electrons. The number of ether oxygens (including phenoxy) is 1. The molecular formula is C28H26F2O. The summed E-state index contributed by atoms with van der Waals surface area (Å²) >= 11 is 0. The lowest BCUT2D eigenvalue weighted by molar-refractivity contribution is 0.309. The largest absolute Gasteiger partial charge is 0.494 e. The van der Waals surface area contributed by atoms with Gasteiger partial charge < -0.3 is 4.74 Å². The van der Waals surface area contributed by atoms with Crippen LogP contribution in [0.1, 0.15) is 30.9 Å². The molecule has 0 spiro atoms. The second-order valence-corrected chi connectivity index (χ2v) is 7.83. The van der Waals surface area contributed by atoms with Crippen LogP contribution in [0.25, 0.3) is 21.9 Å². The number of halogens is 2. The normalized spacial score (nSPS) is 11.1. The van der Waals surface area contributed by atoms with Crippen molar-refractivity contribution in [3.63, 3.8) is 0 Å². The van der Waals surface area contributed by atoms with Crippen LogP contribution >= 0.6 is 0 Å². The molecule has 0 fully saturated rings. The van der Waals surface area contributed by atoms with E-state index in [0.717, 1.165) is 47.3 Å². The van der Waals surface area contributed by atoms with Crippen molar-refractivity contribution in [3.05, 3.63) is 102 Å². The number of rotatable bonds is 8. The Balaban J connectivity index is 1.50. The van der Waals surface area contributed by atoms with E-state index in [4.69, 9.17) is 4.74 Å². The van der Waals surface area contributed by atoms with Crippen molar-refractivity contribution < 1.29 is 13.5 Å². The molecule has 31 heavy (non-hydrogen) atoms. The van der Waals surface area contributed by atoms with Crippen LogP contribution in [0.3, 0.4) is 0 Å². The molecule has 158 valence electrons. The van der Waals surface area contributed by atoms with E-state index in [2.05, 4.69) is 6.92 Å². The number of hydrogen-bond acceptors (Lipinski definition) is 1. The minimum absolute atomic E-state index is 0.175. The van der Waals surface area contributed by atoms with E-state index in [1.807, 2.05) is 54.6 Å². The molecule has 0 bridgehead atoms. The summed E-state index contributed by atoms with van der Waals surface area (Å²) in [5.41, 5.74) is 3.80. The fourth-order valence-electron chi connectivity index (χ4n) is 3.72. The van der Waals surface area contributed by atoms with Crippen molar-refractivity contribution in [1.29, 1.82) is 0 Å². The number of fused-ring (bicyclic) bond motifs is 1. The highest BCUT2D eigenvalue weighted by atomic mass is 19.1. The minimum Gasteiger partial charge on any atom is -0.494 e. The van der Waals surface area contributed by atoms with Gasteiger partial charge in [-0.15, -0.1) is 0 Å². The maximum absolute atomic E-state index is 15.1. The van der Waals surface area contributed by atoms with E-state index in [9.17, 15) is 4.39 Å². The highest BCUT2D eigenvalue weighted by molar-refractivity contribution is 5.88. The molecule has 0 N–H and O–H groups in total. The highest BCUT2D eigenvalue weighted by Gasteiger charge is 2.09. The van der Waals surface area contributed by atoms with Gasteiger partial charge in [0.2, 0.25) is 0 Å². The maximum Gasteiger partial charge on any atom is 0.134 e. The van der Waals surface area contributed by atoms with Crippen molar-refractivity contribution in [2.24, 2.45) is 0 Å². The van der Waals surface area contributed by atoms with Gasteiger partial charge in [-0.25, -0.2) is 8.78 Å². The van der Waals surface area contributed by atoms with E-state index in [1.54, 1.807) is 12.1 Å². The van der Waals surface area contributed by atoms with E-state index >= 15 is 4.39 Å². The Hall–Kier alpha value is -3.20. The summed E-state index contributed by atoms with van der Waals surface area (Å²) < 4.78 is 33.9. The molecule has 0 aliphatic rings. The van der Waals surface area contributed by atoms with Gasteiger partial charge >= 0.3 is 0 Å². The number of aryl methyl sites for hydroxylation is 2. The van der Waals surface area contributed by atoms with Crippen LogP contribution < -0.4 is 4.74 Å². The number of benzene rings is 4. The molecule has 3 heteroatoms. The summed E-state index contributed by atoms with van der Waals surface area (Å²) in [6.07, 6.45) is 3.41. The molecule has 4 aromatic carbocycles. The lowest BCUT2D eigenvalue weighted by atomic mass is 9.97. The third-order valence-electron chi connectivity index (χ3n) is 5.58. The van der Waals surface area contributed by atoms with Crippen molar-refractivity contribution in [3.8, 4) is 16.9 Å². The van der Waals surface area contributed by atoms with Crippen molar-refractivity contribution in [2.45, 2.75) is 32.6 Å². The fourth-order valence-corrected chi connectivity index (χ4v) is 3.72. The maximum atomic E-state index is 15.1. The zero-order chi connectivity index (χ0) is 21.6.